The average Bonchev–Trinajstić information content (AvgIpc) is 3.55. The van der Waals surface area contributed by atoms with Crippen LogP contribution in [0.5, 0.6) is 0 Å². The van der Waals surface area contributed by atoms with Gasteiger partial charge in [-0.2, -0.15) is 0 Å². The van der Waals surface area contributed by atoms with E-state index in [1.165, 1.54) is 6.08 Å². The minimum absolute atomic E-state index is 0.0314. The third-order valence-electron chi connectivity index (χ3n) is 7.13. The van der Waals surface area contributed by atoms with Crippen LogP contribution in [-0.4, -0.2) is 48.6 Å². The Kier molecular flexibility index (Phi) is 8.22. The number of nitrogens with two attached hydrogens (primary N) is 1. The number of rotatable bonds is 9. The summed E-state index contributed by atoms with van der Waals surface area (Å²) in [5.41, 5.74) is 9.57. The molecule has 4 N–H and O–H groups in total. The number of nitrogen functional groups attached to an aromatic ring is 1. The number of benzene rings is 3. The monoisotopic (exact) mass is 574 g/mol. The molecule has 1 unspecified atom stereocenters. The number of carbonyl (C=O) groups is 2. The standard InChI is InChI=1S/C30H31BrN4O3/c31-22-10-12-23(13-11-22)33-30(37)26(15-16-35-18-25-17-24(35)19-38-25)21-8-5-20(6-9-21)7-14-29(36)34-28-4-2-1-3-27(28)32/h1-14,24-26H,15-19,32H2,(H,33,37)(H,34,36)/b14-7+/t24-,25-,26?/m1/s1. The van der Waals surface area contributed by atoms with Crippen molar-refractivity contribution in [2.24, 2.45) is 0 Å². The Morgan fingerprint density at radius 2 is 1.82 bits per heavy atom. The number of para-hydroxylation sites is 2. The first-order chi connectivity index (χ1) is 18.4. The molecule has 0 aromatic heterocycles. The summed E-state index contributed by atoms with van der Waals surface area (Å²) in [4.78, 5) is 28.2. The molecule has 2 aliphatic rings. The molecule has 38 heavy (non-hydrogen) atoms. The molecule has 3 aromatic rings. The number of hydrogen-bond donors (Lipinski definition) is 3. The van der Waals surface area contributed by atoms with E-state index < -0.39 is 0 Å². The van der Waals surface area contributed by atoms with Gasteiger partial charge in [0.25, 0.3) is 0 Å². The summed E-state index contributed by atoms with van der Waals surface area (Å²) in [6.45, 7) is 2.56. The molecule has 0 aliphatic carbocycles. The highest BCUT2D eigenvalue weighted by Gasteiger charge is 2.39. The van der Waals surface area contributed by atoms with Crippen LogP contribution in [0, 0.1) is 0 Å². The minimum atomic E-state index is -0.305. The predicted octanol–water partition coefficient (Wildman–Crippen LogP) is 5.27. The molecule has 7 nitrogen and oxygen atoms in total. The molecule has 2 amide bonds. The maximum atomic E-state index is 13.4. The van der Waals surface area contributed by atoms with E-state index in [2.05, 4.69) is 31.5 Å². The molecule has 0 saturated carbocycles. The van der Waals surface area contributed by atoms with Gasteiger partial charge in [0.05, 0.1) is 30.0 Å². The van der Waals surface area contributed by atoms with E-state index in [9.17, 15) is 9.59 Å². The lowest BCUT2D eigenvalue weighted by Crippen LogP contribution is -2.38. The van der Waals surface area contributed by atoms with Gasteiger partial charge in [0, 0.05) is 28.8 Å². The maximum Gasteiger partial charge on any atom is 0.248 e. The molecule has 196 valence electrons. The second kappa shape index (κ2) is 11.9. The lowest BCUT2D eigenvalue weighted by atomic mass is 9.93. The number of nitrogens with one attached hydrogen (secondary N) is 2. The van der Waals surface area contributed by atoms with Crippen LogP contribution >= 0.6 is 15.9 Å². The molecule has 2 saturated heterocycles. The lowest BCUT2D eigenvalue weighted by molar-refractivity contribution is -0.118. The zero-order chi connectivity index (χ0) is 26.5. The fourth-order valence-electron chi connectivity index (χ4n) is 5.06. The third-order valence-corrected chi connectivity index (χ3v) is 7.66. The molecule has 3 atom stereocenters. The summed E-state index contributed by atoms with van der Waals surface area (Å²) in [5, 5.41) is 5.87. The minimum Gasteiger partial charge on any atom is -0.397 e. The number of ether oxygens (including phenoxy) is 1. The summed E-state index contributed by atoms with van der Waals surface area (Å²) in [7, 11) is 0. The van der Waals surface area contributed by atoms with Gasteiger partial charge >= 0.3 is 0 Å². The van der Waals surface area contributed by atoms with Gasteiger partial charge in [-0.25, -0.2) is 0 Å². The van der Waals surface area contributed by atoms with Crippen molar-refractivity contribution in [3.8, 4) is 0 Å². The molecule has 2 bridgehead atoms. The SMILES string of the molecule is Nc1ccccc1NC(=O)/C=C/c1ccc(C(CCN2C[C@H]3C[C@@H]2CO3)C(=O)Nc2ccc(Br)cc2)cc1. The van der Waals surface area contributed by atoms with Gasteiger partial charge in [0.15, 0.2) is 0 Å². The van der Waals surface area contributed by atoms with Crippen LogP contribution in [0.3, 0.4) is 0 Å². The molecule has 2 fully saturated rings. The van der Waals surface area contributed by atoms with Gasteiger partial charge in [-0.15, -0.1) is 0 Å². The number of nitrogens with zero attached hydrogens (tertiary/aromatic N) is 1. The number of morpholine rings is 1. The number of carbonyl (C=O) groups excluding carboxylic acids is 2. The summed E-state index contributed by atoms with van der Waals surface area (Å²) in [6, 6.07) is 23.0. The van der Waals surface area contributed by atoms with Crippen LogP contribution in [0.1, 0.15) is 29.9 Å². The topological polar surface area (TPSA) is 96.7 Å². The van der Waals surface area contributed by atoms with Gasteiger partial charge in [-0.1, -0.05) is 52.3 Å². The van der Waals surface area contributed by atoms with E-state index in [-0.39, 0.29) is 17.7 Å². The fraction of sp³-hybridized carbons (Fsp3) is 0.267. The summed E-state index contributed by atoms with van der Waals surface area (Å²) in [5.74, 6) is -0.597. The second-order valence-electron chi connectivity index (χ2n) is 9.75. The highest BCUT2D eigenvalue weighted by Crippen LogP contribution is 2.30. The predicted molar refractivity (Wildman–Crippen MR) is 155 cm³/mol. The highest BCUT2D eigenvalue weighted by molar-refractivity contribution is 9.10. The van der Waals surface area contributed by atoms with Crippen molar-refractivity contribution in [3.63, 3.8) is 0 Å². The summed E-state index contributed by atoms with van der Waals surface area (Å²) in [6.07, 6.45) is 5.35. The summed E-state index contributed by atoms with van der Waals surface area (Å²) < 4.78 is 6.70. The van der Waals surface area contributed by atoms with E-state index >= 15 is 0 Å². The quantitative estimate of drug-likeness (QED) is 0.239. The smallest absolute Gasteiger partial charge is 0.248 e. The molecular weight excluding hydrogens is 544 g/mol. The van der Waals surface area contributed by atoms with Crippen molar-refractivity contribution in [2.75, 3.05) is 36.1 Å². The number of halogens is 1. The lowest BCUT2D eigenvalue weighted by Gasteiger charge is -2.28. The Morgan fingerprint density at radius 3 is 2.50 bits per heavy atom. The van der Waals surface area contributed by atoms with E-state index in [1.807, 2.05) is 60.7 Å². The summed E-state index contributed by atoms with van der Waals surface area (Å²) >= 11 is 3.44. The molecule has 0 radical (unpaired) electrons. The van der Waals surface area contributed by atoms with Crippen molar-refractivity contribution in [1.82, 2.24) is 4.90 Å². The molecule has 5 rings (SSSR count). The zero-order valence-electron chi connectivity index (χ0n) is 21.0. The van der Waals surface area contributed by atoms with Crippen molar-refractivity contribution in [1.29, 1.82) is 0 Å². The largest absolute Gasteiger partial charge is 0.397 e. The molecular formula is C30H31BrN4O3. The number of hydrogen-bond acceptors (Lipinski definition) is 5. The number of amides is 2. The Balaban J connectivity index is 1.26. The van der Waals surface area contributed by atoms with Gasteiger partial charge in [0.2, 0.25) is 11.8 Å². The van der Waals surface area contributed by atoms with Crippen molar-refractivity contribution in [3.05, 3.63) is 94.5 Å². The average molecular weight is 576 g/mol. The molecule has 0 spiro atoms. The first-order valence-electron chi connectivity index (χ1n) is 12.8. The van der Waals surface area contributed by atoms with Crippen LogP contribution in [0.2, 0.25) is 0 Å². The van der Waals surface area contributed by atoms with Crippen molar-refractivity contribution in [2.45, 2.75) is 30.9 Å². The van der Waals surface area contributed by atoms with Gasteiger partial charge in [0.1, 0.15) is 0 Å². The normalized spacial score (nSPS) is 19.5. The van der Waals surface area contributed by atoms with Gasteiger partial charge < -0.3 is 21.1 Å². The Bertz CT molecular complexity index is 1310. The second-order valence-corrected chi connectivity index (χ2v) is 10.7. The van der Waals surface area contributed by atoms with Crippen molar-refractivity contribution >= 4 is 50.9 Å². The van der Waals surface area contributed by atoms with E-state index in [1.54, 1.807) is 18.2 Å². The Labute approximate surface area is 231 Å². The van der Waals surface area contributed by atoms with Gasteiger partial charge in [-0.05, 0) is 73.0 Å². The van der Waals surface area contributed by atoms with Crippen LogP contribution in [0.4, 0.5) is 17.1 Å². The Morgan fingerprint density at radius 1 is 1.05 bits per heavy atom. The number of likely N-dealkylation sites (tertiary alicyclic amines) is 1. The maximum absolute atomic E-state index is 13.4. The first-order valence-corrected chi connectivity index (χ1v) is 13.6. The van der Waals surface area contributed by atoms with Crippen LogP contribution in [0.25, 0.3) is 6.08 Å². The van der Waals surface area contributed by atoms with Crippen LogP contribution in [-0.2, 0) is 14.3 Å². The van der Waals surface area contributed by atoms with E-state index in [4.69, 9.17) is 10.5 Å². The Hall–Kier alpha value is -3.46. The molecule has 3 aromatic carbocycles. The number of anilines is 3. The van der Waals surface area contributed by atoms with E-state index in [0.717, 1.165) is 47.4 Å². The van der Waals surface area contributed by atoms with E-state index in [0.29, 0.717) is 29.9 Å². The highest BCUT2D eigenvalue weighted by atomic mass is 79.9. The first kappa shape index (κ1) is 26.2. The number of fused-ring (bicyclic) bond motifs is 2. The fourth-order valence-corrected chi connectivity index (χ4v) is 5.32. The third kappa shape index (κ3) is 6.51. The molecule has 8 heteroatoms. The van der Waals surface area contributed by atoms with Crippen LogP contribution < -0.4 is 16.4 Å². The molecule has 2 heterocycles. The molecule has 2 aliphatic heterocycles. The van der Waals surface area contributed by atoms with Crippen molar-refractivity contribution < 1.29 is 14.3 Å². The van der Waals surface area contributed by atoms with Gasteiger partial charge in [-0.3, -0.25) is 14.5 Å². The van der Waals surface area contributed by atoms with Crippen LogP contribution in [0.15, 0.2) is 83.3 Å². The zero-order valence-corrected chi connectivity index (χ0v) is 22.6.